The number of benzene rings is 1. The molecule has 1 saturated heterocycles. The van der Waals surface area contributed by atoms with E-state index in [-0.39, 0.29) is 35.8 Å². The number of nitrogens with zero attached hydrogens (tertiary/aromatic N) is 3. The number of aromatic nitrogens is 1. The van der Waals surface area contributed by atoms with E-state index in [0.717, 1.165) is 38.9 Å². The van der Waals surface area contributed by atoms with E-state index in [1.54, 1.807) is 12.1 Å². The normalized spacial score (nSPS) is 14.0. The Morgan fingerprint density at radius 1 is 1.20 bits per heavy atom. The van der Waals surface area contributed by atoms with Gasteiger partial charge in [-0.2, -0.15) is 5.26 Å². The molecule has 0 saturated carbocycles. The highest BCUT2D eigenvalue weighted by atomic mass is 19.1. The molecular formula is C21H24FN5O3. The second-order valence-electron chi connectivity index (χ2n) is 7.23. The van der Waals surface area contributed by atoms with Gasteiger partial charge in [0.25, 0.3) is 5.91 Å². The van der Waals surface area contributed by atoms with Crippen molar-refractivity contribution < 1.29 is 18.5 Å². The SMILES string of the molecule is N#CCNC(=O)C1CN(CCCCCNC(=O)c2cc(-c3ccc(F)cc3)on2)C1. The summed E-state index contributed by atoms with van der Waals surface area (Å²) in [5.74, 6) is -0.299. The van der Waals surface area contributed by atoms with Gasteiger partial charge in [0.1, 0.15) is 12.4 Å². The van der Waals surface area contributed by atoms with Crippen molar-refractivity contribution in [2.24, 2.45) is 5.92 Å². The topological polar surface area (TPSA) is 111 Å². The summed E-state index contributed by atoms with van der Waals surface area (Å²) in [5, 5.41) is 17.6. The molecule has 0 bridgehead atoms. The Kier molecular flexibility index (Phi) is 7.51. The first-order valence-electron chi connectivity index (χ1n) is 9.94. The van der Waals surface area contributed by atoms with Gasteiger partial charge in [-0.15, -0.1) is 0 Å². The molecular weight excluding hydrogens is 389 g/mol. The smallest absolute Gasteiger partial charge is 0.273 e. The molecule has 9 heteroatoms. The predicted molar refractivity (Wildman–Crippen MR) is 107 cm³/mol. The van der Waals surface area contributed by atoms with Gasteiger partial charge >= 0.3 is 0 Å². The van der Waals surface area contributed by atoms with Crippen molar-refractivity contribution >= 4 is 11.8 Å². The zero-order valence-corrected chi connectivity index (χ0v) is 16.6. The van der Waals surface area contributed by atoms with E-state index >= 15 is 0 Å². The Bertz CT molecular complexity index is 900. The monoisotopic (exact) mass is 413 g/mol. The van der Waals surface area contributed by atoms with Crippen LogP contribution in [0.3, 0.4) is 0 Å². The summed E-state index contributed by atoms with van der Waals surface area (Å²) in [4.78, 5) is 26.0. The summed E-state index contributed by atoms with van der Waals surface area (Å²) < 4.78 is 18.1. The summed E-state index contributed by atoms with van der Waals surface area (Å²) in [5.41, 5.74) is 0.842. The van der Waals surface area contributed by atoms with Crippen LogP contribution in [-0.4, -0.2) is 54.6 Å². The lowest BCUT2D eigenvalue weighted by molar-refractivity contribution is -0.129. The minimum absolute atomic E-state index is 0.0140. The summed E-state index contributed by atoms with van der Waals surface area (Å²) in [6, 6.07) is 9.21. The minimum Gasteiger partial charge on any atom is -0.355 e. The number of amides is 2. The van der Waals surface area contributed by atoms with Crippen molar-refractivity contribution in [3.8, 4) is 17.4 Å². The van der Waals surface area contributed by atoms with Crippen molar-refractivity contribution in [2.75, 3.05) is 32.7 Å². The molecule has 158 valence electrons. The third-order valence-electron chi connectivity index (χ3n) is 4.98. The third kappa shape index (κ3) is 5.87. The molecule has 2 heterocycles. The van der Waals surface area contributed by atoms with E-state index in [2.05, 4.69) is 20.7 Å². The third-order valence-corrected chi connectivity index (χ3v) is 4.98. The standard InChI is InChI=1S/C21H24FN5O3/c22-17-6-4-15(5-7-17)19-12-18(26-30-19)21(29)24-9-2-1-3-11-27-13-16(14-27)20(28)25-10-8-23/h4-7,12,16H,1-3,9-11,13-14H2,(H,24,29)(H,25,28). The molecule has 1 fully saturated rings. The fourth-order valence-electron chi connectivity index (χ4n) is 3.25. The van der Waals surface area contributed by atoms with E-state index in [0.29, 0.717) is 17.9 Å². The maximum atomic E-state index is 13.0. The van der Waals surface area contributed by atoms with Gasteiger partial charge in [0.2, 0.25) is 5.91 Å². The van der Waals surface area contributed by atoms with Crippen LogP contribution >= 0.6 is 0 Å². The van der Waals surface area contributed by atoms with Crippen LogP contribution in [0.4, 0.5) is 4.39 Å². The first-order chi connectivity index (χ1) is 14.6. The quantitative estimate of drug-likeness (QED) is 0.455. The molecule has 3 rings (SSSR count). The maximum Gasteiger partial charge on any atom is 0.273 e. The maximum absolute atomic E-state index is 13.0. The van der Waals surface area contributed by atoms with Gasteiger partial charge in [0.05, 0.1) is 12.0 Å². The van der Waals surface area contributed by atoms with Gasteiger partial charge in [0.15, 0.2) is 11.5 Å². The number of hydrogen-bond acceptors (Lipinski definition) is 6. The van der Waals surface area contributed by atoms with Gasteiger partial charge in [-0.1, -0.05) is 11.6 Å². The molecule has 30 heavy (non-hydrogen) atoms. The molecule has 0 spiro atoms. The van der Waals surface area contributed by atoms with Gasteiger partial charge in [-0.3, -0.25) is 9.59 Å². The number of likely N-dealkylation sites (tertiary alicyclic amines) is 1. The van der Waals surface area contributed by atoms with Crippen molar-refractivity contribution in [1.29, 1.82) is 5.26 Å². The number of hydrogen-bond donors (Lipinski definition) is 2. The van der Waals surface area contributed by atoms with Crippen LogP contribution < -0.4 is 10.6 Å². The number of nitriles is 1. The molecule has 0 unspecified atom stereocenters. The fourth-order valence-corrected chi connectivity index (χ4v) is 3.25. The zero-order chi connectivity index (χ0) is 21.3. The van der Waals surface area contributed by atoms with Gasteiger partial charge in [-0.25, -0.2) is 4.39 Å². The molecule has 1 aliphatic heterocycles. The molecule has 1 aromatic heterocycles. The number of carbonyl (C=O) groups is 2. The zero-order valence-electron chi connectivity index (χ0n) is 16.6. The molecule has 0 atom stereocenters. The van der Waals surface area contributed by atoms with Crippen LogP contribution in [0.2, 0.25) is 0 Å². The van der Waals surface area contributed by atoms with Gasteiger partial charge < -0.3 is 20.1 Å². The second-order valence-corrected chi connectivity index (χ2v) is 7.23. The average molecular weight is 413 g/mol. The average Bonchev–Trinajstić information content (AvgIpc) is 3.20. The number of rotatable bonds is 10. The van der Waals surface area contributed by atoms with E-state index in [1.807, 2.05) is 6.07 Å². The first kappa shape index (κ1) is 21.5. The Morgan fingerprint density at radius 3 is 2.70 bits per heavy atom. The number of halogens is 1. The predicted octanol–water partition coefficient (Wildman–Crippen LogP) is 1.95. The minimum atomic E-state index is -0.341. The molecule has 2 amide bonds. The number of nitrogens with one attached hydrogen (secondary N) is 2. The van der Waals surface area contributed by atoms with Crippen molar-refractivity contribution in [3.05, 3.63) is 41.8 Å². The lowest BCUT2D eigenvalue weighted by atomic mass is 9.98. The molecule has 1 aromatic carbocycles. The van der Waals surface area contributed by atoms with Gasteiger partial charge in [-0.05, 0) is 43.7 Å². The Morgan fingerprint density at radius 2 is 1.97 bits per heavy atom. The highest BCUT2D eigenvalue weighted by Crippen LogP contribution is 2.20. The summed E-state index contributed by atoms with van der Waals surface area (Å²) >= 11 is 0. The molecule has 1 aliphatic rings. The Labute approximate surface area is 174 Å². The Balaban J connectivity index is 1.27. The highest BCUT2D eigenvalue weighted by molar-refractivity contribution is 5.93. The molecule has 2 aromatic rings. The highest BCUT2D eigenvalue weighted by Gasteiger charge is 2.31. The lowest BCUT2D eigenvalue weighted by Crippen LogP contribution is -2.53. The van der Waals surface area contributed by atoms with Crippen LogP contribution in [0.5, 0.6) is 0 Å². The van der Waals surface area contributed by atoms with Gasteiger partial charge in [0, 0.05) is 31.3 Å². The summed E-state index contributed by atoms with van der Waals surface area (Å²) in [6.45, 7) is 2.98. The van der Waals surface area contributed by atoms with Crippen LogP contribution in [-0.2, 0) is 4.79 Å². The van der Waals surface area contributed by atoms with E-state index in [1.165, 1.54) is 18.2 Å². The Hall–Kier alpha value is -3.25. The second kappa shape index (κ2) is 10.5. The van der Waals surface area contributed by atoms with Crippen LogP contribution in [0.25, 0.3) is 11.3 Å². The number of carbonyl (C=O) groups excluding carboxylic acids is 2. The molecule has 2 N–H and O–H groups in total. The summed E-state index contributed by atoms with van der Waals surface area (Å²) in [7, 11) is 0. The van der Waals surface area contributed by atoms with Crippen LogP contribution in [0.15, 0.2) is 34.9 Å². The van der Waals surface area contributed by atoms with Crippen molar-refractivity contribution in [2.45, 2.75) is 19.3 Å². The van der Waals surface area contributed by atoms with E-state index in [4.69, 9.17) is 9.78 Å². The first-order valence-corrected chi connectivity index (χ1v) is 9.94. The summed E-state index contributed by atoms with van der Waals surface area (Å²) in [6.07, 6.45) is 2.79. The van der Waals surface area contributed by atoms with Crippen LogP contribution in [0, 0.1) is 23.1 Å². The lowest BCUT2D eigenvalue weighted by Gasteiger charge is -2.38. The number of unbranched alkanes of at least 4 members (excludes halogenated alkanes) is 2. The molecule has 0 radical (unpaired) electrons. The largest absolute Gasteiger partial charge is 0.355 e. The fraction of sp³-hybridized carbons (Fsp3) is 0.429. The van der Waals surface area contributed by atoms with Crippen molar-refractivity contribution in [1.82, 2.24) is 20.7 Å². The molecule has 8 nitrogen and oxygen atoms in total. The molecule has 0 aliphatic carbocycles. The van der Waals surface area contributed by atoms with Crippen molar-refractivity contribution in [3.63, 3.8) is 0 Å². The van der Waals surface area contributed by atoms with E-state index < -0.39 is 0 Å². The van der Waals surface area contributed by atoms with Crippen LogP contribution in [0.1, 0.15) is 29.8 Å². The van der Waals surface area contributed by atoms with E-state index in [9.17, 15) is 14.0 Å².